The van der Waals surface area contributed by atoms with E-state index in [1.165, 1.54) is 12.4 Å². The molecule has 1 aliphatic heterocycles. The predicted molar refractivity (Wildman–Crippen MR) is 100 cm³/mol. The zero-order valence-corrected chi connectivity index (χ0v) is 16.0. The molecule has 2 amide bonds. The number of carbonyl (C=O) groups is 2. The summed E-state index contributed by atoms with van der Waals surface area (Å²) in [6, 6.07) is 0. The lowest BCUT2D eigenvalue weighted by atomic mass is 10.2. The van der Waals surface area contributed by atoms with Gasteiger partial charge in [0.2, 0.25) is 6.23 Å². The molecule has 0 radical (unpaired) electrons. The van der Waals surface area contributed by atoms with Crippen molar-refractivity contribution in [3.8, 4) is 11.3 Å². The molecular formula is C18H19F2N7O3. The lowest BCUT2D eigenvalue weighted by Crippen LogP contribution is -2.48. The first-order chi connectivity index (χ1) is 14.3. The molecule has 4 heterocycles. The standard InChI is InChI=1S/C18H19F2N7O3/c1-2-27-8-10(5-23-27)12-7-22-14-13(24-12)11(6-21-14)15(28)25-16(29)17(30)26-4-3-18(19,20)9-26/h5-8,16,29H,2-4,9H2,1H3,(H,21,22)(H,25,28). The van der Waals surface area contributed by atoms with Crippen LogP contribution in [0.25, 0.3) is 22.4 Å². The monoisotopic (exact) mass is 419 g/mol. The van der Waals surface area contributed by atoms with Crippen LogP contribution in [-0.4, -0.2) is 71.8 Å². The van der Waals surface area contributed by atoms with Crippen molar-refractivity contribution < 1.29 is 23.5 Å². The molecule has 0 spiro atoms. The first kappa shape index (κ1) is 19.9. The molecule has 0 aliphatic carbocycles. The van der Waals surface area contributed by atoms with Gasteiger partial charge in [0.05, 0.1) is 30.2 Å². The molecule has 3 N–H and O–H groups in total. The third kappa shape index (κ3) is 3.73. The third-order valence-electron chi connectivity index (χ3n) is 4.86. The average molecular weight is 419 g/mol. The quantitative estimate of drug-likeness (QED) is 0.524. The molecule has 4 rings (SSSR count). The number of aliphatic hydroxyl groups is 1. The molecule has 0 bridgehead atoms. The van der Waals surface area contributed by atoms with Gasteiger partial charge in [-0.1, -0.05) is 0 Å². The van der Waals surface area contributed by atoms with E-state index in [4.69, 9.17) is 0 Å². The van der Waals surface area contributed by atoms with Gasteiger partial charge in [-0.15, -0.1) is 0 Å². The normalized spacial score (nSPS) is 16.7. The molecule has 1 fully saturated rings. The second kappa shape index (κ2) is 7.44. The Hall–Kier alpha value is -3.41. The van der Waals surface area contributed by atoms with Crippen LogP contribution >= 0.6 is 0 Å². The van der Waals surface area contributed by atoms with E-state index in [0.717, 1.165) is 4.90 Å². The zero-order chi connectivity index (χ0) is 21.5. The van der Waals surface area contributed by atoms with Crippen LogP contribution in [0, 0.1) is 0 Å². The summed E-state index contributed by atoms with van der Waals surface area (Å²) in [5, 5.41) is 16.3. The molecule has 1 aliphatic rings. The van der Waals surface area contributed by atoms with Crippen LogP contribution in [0.15, 0.2) is 24.8 Å². The molecule has 1 atom stereocenters. The Labute approximate surface area is 168 Å². The SMILES string of the molecule is CCn1cc(-c2cnc3[nH]cc(C(=O)NC(O)C(=O)N4CCC(F)(F)C4)c3n2)cn1. The molecule has 3 aromatic rings. The number of likely N-dealkylation sites (tertiary alicyclic amines) is 1. The number of hydrogen-bond acceptors (Lipinski definition) is 6. The van der Waals surface area contributed by atoms with Gasteiger partial charge >= 0.3 is 0 Å². The van der Waals surface area contributed by atoms with E-state index in [1.807, 2.05) is 6.92 Å². The molecular weight excluding hydrogens is 400 g/mol. The molecule has 0 aromatic carbocycles. The van der Waals surface area contributed by atoms with E-state index in [0.29, 0.717) is 23.4 Å². The van der Waals surface area contributed by atoms with E-state index < -0.39 is 36.9 Å². The number of hydrogen-bond donors (Lipinski definition) is 3. The van der Waals surface area contributed by atoms with Crippen molar-refractivity contribution in [3.63, 3.8) is 0 Å². The lowest BCUT2D eigenvalue weighted by Gasteiger charge is -2.20. The Morgan fingerprint density at radius 2 is 2.20 bits per heavy atom. The summed E-state index contributed by atoms with van der Waals surface area (Å²) in [4.78, 5) is 37.0. The van der Waals surface area contributed by atoms with Crippen molar-refractivity contribution in [2.45, 2.75) is 32.0 Å². The summed E-state index contributed by atoms with van der Waals surface area (Å²) in [5.74, 6) is -4.77. The van der Waals surface area contributed by atoms with Crippen LogP contribution < -0.4 is 5.32 Å². The summed E-state index contributed by atoms with van der Waals surface area (Å²) < 4.78 is 28.3. The molecule has 3 aromatic heterocycles. The van der Waals surface area contributed by atoms with Crippen LogP contribution in [0.2, 0.25) is 0 Å². The zero-order valence-electron chi connectivity index (χ0n) is 16.0. The van der Waals surface area contributed by atoms with Gasteiger partial charge < -0.3 is 20.3 Å². The number of aryl methyl sites for hydroxylation is 1. The minimum Gasteiger partial charge on any atom is -0.365 e. The number of nitrogens with zero attached hydrogens (tertiary/aromatic N) is 5. The highest BCUT2D eigenvalue weighted by Crippen LogP contribution is 2.27. The van der Waals surface area contributed by atoms with Gasteiger partial charge in [-0.2, -0.15) is 5.10 Å². The molecule has 1 unspecified atom stereocenters. The summed E-state index contributed by atoms with van der Waals surface area (Å²) in [6.07, 6.45) is 3.87. The largest absolute Gasteiger partial charge is 0.365 e. The van der Waals surface area contributed by atoms with E-state index >= 15 is 0 Å². The molecule has 10 nitrogen and oxygen atoms in total. The number of H-pyrrole nitrogens is 1. The van der Waals surface area contributed by atoms with E-state index in [9.17, 15) is 23.5 Å². The van der Waals surface area contributed by atoms with Gasteiger partial charge in [0, 0.05) is 37.5 Å². The Kier molecular flexibility index (Phi) is 4.94. The van der Waals surface area contributed by atoms with Crippen LogP contribution in [0.4, 0.5) is 8.78 Å². The summed E-state index contributed by atoms with van der Waals surface area (Å²) in [5.41, 5.74) is 1.84. The minimum atomic E-state index is -2.99. The number of amides is 2. The number of halogens is 2. The third-order valence-corrected chi connectivity index (χ3v) is 4.86. The van der Waals surface area contributed by atoms with Crippen molar-refractivity contribution in [1.82, 2.24) is 34.9 Å². The van der Waals surface area contributed by atoms with Gasteiger partial charge in [-0.25, -0.2) is 18.7 Å². The maximum atomic E-state index is 13.3. The van der Waals surface area contributed by atoms with Gasteiger partial charge in [0.1, 0.15) is 5.52 Å². The van der Waals surface area contributed by atoms with Crippen molar-refractivity contribution in [2.24, 2.45) is 0 Å². The van der Waals surface area contributed by atoms with Gasteiger partial charge in [0.15, 0.2) is 5.65 Å². The van der Waals surface area contributed by atoms with Crippen molar-refractivity contribution in [2.75, 3.05) is 13.1 Å². The Morgan fingerprint density at radius 3 is 2.87 bits per heavy atom. The van der Waals surface area contributed by atoms with Crippen LogP contribution in [0.3, 0.4) is 0 Å². The van der Waals surface area contributed by atoms with Crippen molar-refractivity contribution in [3.05, 3.63) is 30.4 Å². The first-order valence-corrected chi connectivity index (χ1v) is 9.30. The Morgan fingerprint density at radius 1 is 1.40 bits per heavy atom. The predicted octanol–water partition coefficient (Wildman–Crippen LogP) is 0.757. The van der Waals surface area contributed by atoms with Crippen LogP contribution in [0.1, 0.15) is 23.7 Å². The van der Waals surface area contributed by atoms with E-state index in [-0.39, 0.29) is 17.6 Å². The summed E-state index contributed by atoms with van der Waals surface area (Å²) >= 11 is 0. The maximum Gasteiger partial charge on any atom is 0.272 e. The topological polar surface area (TPSA) is 129 Å². The number of rotatable bonds is 5. The number of aromatic amines is 1. The molecule has 158 valence electrons. The average Bonchev–Trinajstić information content (AvgIpc) is 3.44. The Bertz CT molecular complexity index is 1110. The van der Waals surface area contributed by atoms with Gasteiger partial charge in [-0.3, -0.25) is 14.3 Å². The summed E-state index contributed by atoms with van der Waals surface area (Å²) in [6.45, 7) is 1.65. The van der Waals surface area contributed by atoms with Crippen molar-refractivity contribution >= 4 is 23.0 Å². The minimum absolute atomic E-state index is 0.0563. The fourth-order valence-electron chi connectivity index (χ4n) is 3.23. The smallest absolute Gasteiger partial charge is 0.272 e. The van der Waals surface area contributed by atoms with Crippen molar-refractivity contribution in [1.29, 1.82) is 0 Å². The van der Waals surface area contributed by atoms with Gasteiger partial charge in [-0.05, 0) is 6.92 Å². The highest BCUT2D eigenvalue weighted by atomic mass is 19.3. The van der Waals surface area contributed by atoms with E-state index in [2.05, 4.69) is 25.4 Å². The molecule has 12 heteroatoms. The number of aromatic nitrogens is 5. The highest BCUT2D eigenvalue weighted by molar-refractivity contribution is 6.06. The molecule has 30 heavy (non-hydrogen) atoms. The highest BCUT2D eigenvalue weighted by Gasteiger charge is 2.42. The second-order valence-electron chi connectivity index (χ2n) is 6.98. The second-order valence-corrected chi connectivity index (χ2v) is 6.98. The number of carbonyl (C=O) groups excluding carboxylic acids is 2. The van der Waals surface area contributed by atoms with Crippen LogP contribution in [0.5, 0.6) is 0 Å². The van der Waals surface area contributed by atoms with E-state index in [1.54, 1.807) is 17.1 Å². The Balaban J connectivity index is 1.53. The maximum absolute atomic E-state index is 13.3. The number of fused-ring (bicyclic) bond motifs is 1. The molecule has 1 saturated heterocycles. The number of aliphatic hydroxyl groups excluding tert-OH is 1. The fraction of sp³-hybridized carbons (Fsp3) is 0.389. The lowest BCUT2D eigenvalue weighted by molar-refractivity contribution is -0.141. The van der Waals surface area contributed by atoms with Crippen LogP contribution in [-0.2, 0) is 11.3 Å². The molecule has 0 saturated carbocycles. The summed E-state index contributed by atoms with van der Waals surface area (Å²) in [7, 11) is 0. The number of alkyl halides is 2. The van der Waals surface area contributed by atoms with Gasteiger partial charge in [0.25, 0.3) is 17.7 Å². The first-order valence-electron chi connectivity index (χ1n) is 9.30. The number of nitrogens with one attached hydrogen (secondary N) is 2. The fourth-order valence-corrected chi connectivity index (χ4v) is 3.23.